The normalized spacial score (nSPS) is 16.3. The summed E-state index contributed by atoms with van der Waals surface area (Å²) in [5.41, 5.74) is 4.87. The monoisotopic (exact) mass is 774 g/mol. The molecule has 2 unspecified atom stereocenters. The summed E-state index contributed by atoms with van der Waals surface area (Å²) >= 11 is 12.2. The number of hydrogen-bond donors (Lipinski definition) is 1. The number of Topliss-reactive ketones (excluding diaryl/α,β-unsaturated/α-hetero) is 2. The van der Waals surface area contributed by atoms with Crippen molar-refractivity contribution in [3.8, 4) is 23.0 Å². The second kappa shape index (κ2) is 16.8. The Morgan fingerprint density at radius 2 is 1.15 bits per heavy atom. The first-order valence-electron chi connectivity index (χ1n) is 18.5. The number of nitrogens with zero attached hydrogens (tertiary/aromatic N) is 8. The van der Waals surface area contributed by atoms with Crippen molar-refractivity contribution >= 4 is 46.4 Å². The summed E-state index contributed by atoms with van der Waals surface area (Å²) in [6.07, 6.45) is 6.93. The van der Waals surface area contributed by atoms with E-state index in [-0.39, 0.29) is 28.9 Å². The molecule has 0 aliphatic heterocycles. The lowest BCUT2D eigenvalue weighted by Gasteiger charge is -2.24. The van der Waals surface area contributed by atoms with Gasteiger partial charge in [0.05, 0.1) is 30.6 Å². The lowest BCUT2D eigenvalue weighted by Crippen LogP contribution is -2.30. The van der Waals surface area contributed by atoms with Crippen LogP contribution in [0.5, 0.6) is 0 Å². The van der Waals surface area contributed by atoms with Crippen LogP contribution in [0.25, 0.3) is 23.0 Å². The van der Waals surface area contributed by atoms with Crippen LogP contribution in [-0.2, 0) is 22.4 Å². The highest BCUT2D eigenvalue weighted by Crippen LogP contribution is 2.39. The van der Waals surface area contributed by atoms with Crippen molar-refractivity contribution in [3.63, 3.8) is 0 Å². The number of aromatic nitrogens is 6. The van der Waals surface area contributed by atoms with E-state index in [1.807, 2.05) is 39.8 Å². The van der Waals surface area contributed by atoms with Crippen molar-refractivity contribution < 1.29 is 14.7 Å². The summed E-state index contributed by atoms with van der Waals surface area (Å²) in [6.45, 7) is 15.1. The SMILES string of the molecule is CC1CCc2nc(-c3cc(Cl)ccn3)nc(N(C)CC(=O)CC(C)(C)C)c21.CN(CC(=O)CC(C)(C)C)c1nc(-c2cc(Cl)ccn2)nc2c1C(O)CC2. The predicted molar refractivity (Wildman–Crippen MR) is 215 cm³/mol. The van der Waals surface area contributed by atoms with Gasteiger partial charge >= 0.3 is 0 Å². The van der Waals surface area contributed by atoms with Gasteiger partial charge in [0.25, 0.3) is 0 Å². The number of likely N-dealkylation sites (N-methyl/N-ethyl adjacent to an activating group) is 2. The topological polar surface area (TPSA) is 138 Å². The molecular weight excluding hydrogens is 723 g/mol. The molecule has 0 spiro atoms. The molecule has 2 atom stereocenters. The Balaban J connectivity index is 0.000000208. The molecule has 1 N–H and O–H groups in total. The summed E-state index contributed by atoms with van der Waals surface area (Å²) < 4.78 is 0. The zero-order valence-electron chi connectivity index (χ0n) is 32.9. The first-order chi connectivity index (χ1) is 25.3. The molecule has 2 aliphatic rings. The molecule has 2 aliphatic carbocycles. The van der Waals surface area contributed by atoms with Crippen LogP contribution < -0.4 is 9.80 Å². The minimum Gasteiger partial charge on any atom is -0.388 e. The van der Waals surface area contributed by atoms with Gasteiger partial charge in [-0.2, -0.15) is 0 Å². The van der Waals surface area contributed by atoms with Crippen LogP contribution in [-0.4, -0.2) is 73.8 Å². The number of carbonyl (C=O) groups excluding carboxylic acids is 2. The van der Waals surface area contributed by atoms with Crippen LogP contribution in [0.1, 0.15) is 109 Å². The molecule has 0 fully saturated rings. The van der Waals surface area contributed by atoms with Crippen molar-refractivity contribution in [3.05, 3.63) is 69.2 Å². The van der Waals surface area contributed by atoms with Crippen molar-refractivity contribution in [1.29, 1.82) is 0 Å². The number of fused-ring (bicyclic) bond motifs is 2. The summed E-state index contributed by atoms with van der Waals surface area (Å²) in [4.78, 5) is 56.2. The standard InChI is InChI=1S/C21H27ClN4O.C20H25ClN4O2/c1-13-6-7-16-18(13)20(26(5)12-15(27)11-21(2,3)4)25-19(24-16)17-10-14(22)8-9-23-17;1-20(2,3)10-13(26)11-25(4)19-17-14(5-6-16(17)27)23-18(24-19)15-9-12(21)7-8-22-15/h8-10,13H,6-7,11-12H2,1-5H3;7-9,16,27H,5-6,10-11H2,1-4H3. The van der Waals surface area contributed by atoms with Crippen LogP contribution in [0.2, 0.25) is 10.0 Å². The molecule has 288 valence electrons. The highest BCUT2D eigenvalue weighted by Gasteiger charge is 2.31. The molecule has 0 radical (unpaired) electrons. The molecule has 0 aromatic carbocycles. The molecule has 4 aromatic heterocycles. The summed E-state index contributed by atoms with van der Waals surface area (Å²) in [5.74, 6) is 3.17. The number of aliphatic hydroxyl groups is 1. The van der Waals surface area contributed by atoms with E-state index in [1.54, 1.807) is 41.6 Å². The van der Waals surface area contributed by atoms with Gasteiger partial charge in [-0.25, -0.2) is 19.9 Å². The van der Waals surface area contributed by atoms with Gasteiger partial charge in [-0.1, -0.05) is 71.7 Å². The number of hydrogen-bond acceptors (Lipinski definition) is 11. The molecule has 0 bridgehead atoms. The number of rotatable bonds is 10. The van der Waals surface area contributed by atoms with Gasteiger partial charge in [-0.3, -0.25) is 19.6 Å². The van der Waals surface area contributed by atoms with E-state index in [0.717, 1.165) is 35.6 Å². The molecule has 13 heteroatoms. The maximum Gasteiger partial charge on any atom is 0.180 e. The Labute approximate surface area is 329 Å². The maximum absolute atomic E-state index is 12.5. The summed E-state index contributed by atoms with van der Waals surface area (Å²) in [5, 5.41) is 11.6. The molecule has 0 amide bonds. The van der Waals surface area contributed by atoms with E-state index >= 15 is 0 Å². The minimum absolute atomic E-state index is 0.0191. The quantitative estimate of drug-likeness (QED) is 0.167. The van der Waals surface area contributed by atoms with E-state index in [1.165, 1.54) is 0 Å². The molecule has 0 saturated heterocycles. The maximum atomic E-state index is 12.5. The number of carbonyl (C=O) groups is 2. The average Bonchev–Trinajstić information content (AvgIpc) is 3.64. The first kappa shape index (κ1) is 41.1. The fourth-order valence-electron chi connectivity index (χ4n) is 6.99. The lowest BCUT2D eigenvalue weighted by molar-refractivity contribution is -0.120. The molecular formula is C41H52Cl2N8O3. The Hall–Kier alpha value is -4.06. The van der Waals surface area contributed by atoms with Crippen LogP contribution in [0.4, 0.5) is 11.6 Å². The van der Waals surface area contributed by atoms with Gasteiger partial charge in [-0.15, -0.1) is 0 Å². The summed E-state index contributed by atoms with van der Waals surface area (Å²) in [7, 11) is 3.76. The van der Waals surface area contributed by atoms with E-state index in [9.17, 15) is 14.7 Å². The molecule has 4 aromatic rings. The zero-order valence-corrected chi connectivity index (χ0v) is 34.4. The fourth-order valence-corrected chi connectivity index (χ4v) is 7.31. The predicted octanol–water partition coefficient (Wildman–Crippen LogP) is 8.30. The first-order valence-corrected chi connectivity index (χ1v) is 19.2. The number of halogens is 2. The van der Waals surface area contributed by atoms with E-state index in [4.69, 9.17) is 33.2 Å². The average molecular weight is 776 g/mol. The number of pyridine rings is 2. The second-order valence-corrected chi connectivity index (χ2v) is 17.8. The number of aryl methyl sites for hydroxylation is 2. The molecule has 4 heterocycles. The largest absolute Gasteiger partial charge is 0.388 e. The summed E-state index contributed by atoms with van der Waals surface area (Å²) in [6, 6.07) is 6.92. The Kier molecular flexibility index (Phi) is 12.8. The van der Waals surface area contributed by atoms with E-state index in [0.29, 0.717) is 82.6 Å². The molecule has 54 heavy (non-hydrogen) atoms. The van der Waals surface area contributed by atoms with Gasteiger partial charge in [0.1, 0.15) is 23.0 Å². The third-order valence-electron chi connectivity index (χ3n) is 9.21. The number of anilines is 2. The van der Waals surface area contributed by atoms with E-state index < -0.39 is 6.10 Å². The Morgan fingerprint density at radius 1 is 0.722 bits per heavy atom. The molecule has 11 nitrogen and oxygen atoms in total. The smallest absolute Gasteiger partial charge is 0.180 e. The van der Waals surface area contributed by atoms with Crippen molar-refractivity contribution in [2.75, 3.05) is 37.0 Å². The van der Waals surface area contributed by atoms with Crippen LogP contribution in [0.3, 0.4) is 0 Å². The van der Waals surface area contributed by atoms with Gasteiger partial charge < -0.3 is 14.9 Å². The lowest BCUT2D eigenvalue weighted by atomic mass is 9.90. The van der Waals surface area contributed by atoms with Crippen molar-refractivity contribution in [2.24, 2.45) is 10.8 Å². The highest BCUT2D eigenvalue weighted by molar-refractivity contribution is 6.31. The van der Waals surface area contributed by atoms with Crippen molar-refractivity contribution in [1.82, 2.24) is 29.9 Å². The van der Waals surface area contributed by atoms with Gasteiger partial charge in [0, 0.05) is 60.5 Å². The molecule has 0 saturated carbocycles. The third kappa shape index (κ3) is 10.6. The second-order valence-electron chi connectivity index (χ2n) is 16.9. The third-order valence-corrected chi connectivity index (χ3v) is 9.68. The van der Waals surface area contributed by atoms with Crippen LogP contribution in [0, 0.1) is 10.8 Å². The van der Waals surface area contributed by atoms with Gasteiger partial charge in [-0.05, 0) is 66.7 Å². The van der Waals surface area contributed by atoms with Crippen LogP contribution >= 0.6 is 23.2 Å². The highest BCUT2D eigenvalue weighted by atomic mass is 35.5. The van der Waals surface area contributed by atoms with Crippen molar-refractivity contribution in [2.45, 2.75) is 99.0 Å². The number of aliphatic hydroxyl groups excluding tert-OH is 1. The zero-order chi connectivity index (χ0) is 39.5. The van der Waals surface area contributed by atoms with E-state index in [2.05, 4.69) is 47.6 Å². The Bertz CT molecular complexity index is 1870. The van der Waals surface area contributed by atoms with Gasteiger partial charge in [0.2, 0.25) is 0 Å². The fraction of sp³-hybridized carbons (Fsp3) is 0.512. The minimum atomic E-state index is -0.614. The van der Waals surface area contributed by atoms with Gasteiger partial charge in [0.15, 0.2) is 23.2 Å². The molecule has 6 rings (SSSR count). The Morgan fingerprint density at radius 3 is 1.59 bits per heavy atom. The van der Waals surface area contributed by atoms with Crippen LogP contribution in [0.15, 0.2) is 36.7 Å². The number of ketones is 2.